The number of anilines is 1. The molecule has 144 valence electrons. The van der Waals surface area contributed by atoms with E-state index in [-0.39, 0.29) is 0 Å². The summed E-state index contributed by atoms with van der Waals surface area (Å²) in [6.07, 6.45) is 3.16. The number of aliphatic imine (C=N–C) groups is 1. The van der Waals surface area contributed by atoms with Crippen molar-refractivity contribution < 1.29 is 0 Å². The van der Waals surface area contributed by atoms with E-state index in [1.54, 1.807) is 25.3 Å². The molecular formula is C20H20Cl2N6. The molecule has 28 heavy (non-hydrogen) atoms. The van der Waals surface area contributed by atoms with E-state index in [9.17, 15) is 0 Å². The van der Waals surface area contributed by atoms with Crippen molar-refractivity contribution in [1.29, 1.82) is 0 Å². The maximum Gasteiger partial charge on any atom is 0.163 e. The van der Waals surface area contributed by atoms with Gasteiger partial charge in [0.1, 0.15) is 11.7 Å². The van der Waals surface area contributed by atoms with Gasteiger partial charge in [-0.1, -0.05) is 35.3 Å². The Morgan fingerprint density at radius 2 is 1.96 bits per heavy atom. The van der Waals surface area contributed by atoms with Crippen LogP contribution in [0.25, 0.3) is 22.3 Å². The van der Waals surface area contributed by atoms with E-state index in [0.717, 1.165) is 22.3 Å². The summed E-state index contributed by atoms with van der Waals surface area (Å²) in [4.78, 5) is 13.5. The number of amidine groups is 1. The summed E-state index contributed by atoms with van der Waals surface area (Å²) in [6, 6.07) is 13.1. The van der Waals surface area contributed by atoms with Gasteiger partial charge in [0.2, 0.25) is 0 Å². The van der Waals surface area contributed by atoms with Crippen molar-refractivity contribution >= 4 is 45.8 Å². The van der Waals surface area contributed by atoms with Gasteiger partial charge < -0.3 is 16.4 Å². The number of fused-ring (bicyclic) bond motifs is 1. The molecule has 2 aromatic carbocycles. The molecule has 8 heteroatoms. The fourth-order valence-corrected chi connectivity index (χ4v) is 3.17. The lowest BCUT2D eigenvalue weighted by Crippen LogP contribution is -2.27. The molecular weight excluding hydrogens is 395 g/mol. The third-order valence-electron chi connectivity index (χ3n) is 3.99. The molecule has 0 fully saturated rings. The van der Waals surface area contributed by atoms with Crippen molar-refractivity contribution in [2.75, 3.05) is 25.5 Å². The molecule has 0 aliphatic heterocycles. The molecule has 0 radical (unpaired) electrons. The first-order chi connectivity index (χ1) is 13.6. The first-order valence-electron chi connectivity index (χ1n) is 8.67. The number of benzene rings is 2. The highest BCUT2D eigenvalue weighted by Gasteiger charge is 2.12. The second-order valence-electron chi connectivity index (χ2n) is 5.86. The van der Waals surface area contributed by atoms with E-state index in [2.05, 4.69) is 20.6 Å². The Kier molecular flexibility index (Phi) is 6.68. The van der Waals surface area contributed by atoms with E-state index in [4.69, 9.17) is 33.9 Å². The summed E-state index contributed by atoms with van der Waals surface area (Å²) in [6.45, 7) is 1.28. The number of hydrogen-bond donors (Lipinski definition) is 3. The number of nitrogens with two attached hydrogens (primary N) is 1. The highest BCUT2D eigenvalue weighted by atomic mass is 35.5. The predicted molar refractivity (Wildman–Crippen MR) is 118 cm³/mol. The molecule has 1 heterocycles. The maximum absolute atomic E-state index is 6.35. The number of hydrogen-bond acceptors (Lipinski definition) is 5. The second kappa shape index (κ2) is 9.39. The number of aromatic nitrogens is 2. The summed E-state index contributed by atoms with van der Waals surface area (Å²) in [5.41, 5.74) is 6.96. The molecule has 6 nitrogen and oxygen atoms in total. The average Bonchev–Trinajstić information content (AvgIpc) is 2.70. The van der Waals surface area contributed by atoms with Gasteiger partial charge in [-0.3, -0.25) is 4.99 Å². The maximum atomic E-state index is 6.35. The largest absolute Gasteiger partial charge is 0.404 e. The summed E-state index contributed by atoms with van der Waals surface area (Å²) >= 11 is 12.4. The van der Waals surface area contributed by atoms with Crippen molar-refractivity contribution in [2.24, 2.45) is 10.7 Å². The predicted octanol–water partition coefficient (Wildman–Crippen LogP) is 4.11. The van der Waals surface area contributed by atoms with Crippen LogP contribution in [0.3, 0.4) is 0 Å². The first-order valence-corrected chi connectivity index (χ1v) is 9.43. The Bertz CT molecular complexity index is 1030. The lowest BCUT2D eigenvalue weighted by atomic mass is 10.2. The van der Waals surface area contributed by atoms with E-state index in [0.29, 0.717) is 34.8 Å². The lowest BCUT2D eigenvalue weighted by molar-refractivity contribution is 0.903. The minimum atomic E-state index is 0.507. The van der Waals surface area contributed by atoms with Gasteiger partial charge in [0.15, 0.2) is 5.82 Å². The molecule has 3 rings (SSSR count). The van der Waals surface area contributed by atoms with E-state index in [1.807, 2.05) is 30.3 Å². The van der Waals surface area contributed by atoms with Crippen LogP contribution >= 0.6 is 23.2 Å². The minimum Gasteiger partial charge on any atom is -0.404 e. The van der Waals surface area contributed by atoms with Gasteiger partial charge in [-0.15, -0.1) is 0 Å². The van der Waals surface area contributed by atoms with Crippen molar-refractivity contribution in [3.05, 3.63) is 64.8 Å². The molecule has 0 bridgehead atoms. The molecule has 1 aromatic heterocycles. The normalized spacial score (nSPS) is 11.9. The van der Waals surface area contributed by atoms with Crippen LogP contribution in [-0.2, 0) is 0 Å². The van der Waals surface area contributed by atoms with Crippen molar-refractivity contribution in [2.45, 2.75) is 0 Å². The quantitative estimate of drug-likeness (QED) is 0.321. The van der Waals surface area contributed by atoms with Gasteiger partial charge in [-0.2, -0.15) is 0 Å². The van der Waals surface area contributed by atoms with Crippen LogP contribution in [0.2, 0.25) is 10.0 Å². The molecule has 0 amide bonds. The molecule has 0 unspecified atom stereocenters. The topological polar surface area (TPSA) is 88.2 Å². The molecule has 3 aromatic rings. The van der Waals surface area contributed by atoms with Crippen molar-refractivity contribution in [3.63, 3.8) is 0 Å². The summed E-state index contributed by atoms with van der Waals surface area (Å²) in [5.74, 6) is 1.99. The van der Waals surface area contributed by atoms with Crippen LogP contribution in [0.15, 0.2) is 59.7 Å². The SMILES string of the molecule is CN=C(C=CN)NCCNc1nc(-c2ccc(Cl)cc2Cl)nc2ccccc12. The standard InChI is InChI=1S/C20H20Cl2N6/c1-24-18(8-9-23)25-10-11-26-19-15-4-2-3-5-17(15)27-20(28-19)14-7-6-13(21)12-16(14)22/h2-9,12H,10-11,23H2,1H3,(H,24,25)(H,26,27,28). The number of rotatable bonds is 6. The molecule has 4 N–H and O–H groups in total. The van der Waals surface area contributed by atoms with Gasteiger partial charge in [-0.05, 0) is 42.6 Å². The fourth-order valence-electron chi connectivity index (χ4n) is 2.68. The molecule has 0 atom stereocenters. The third-order valence-corrected chi connectivity index (χ3v) is 4.54. The van der Waals surface area contributed by atoms with Crippen LogP contribution in [-0.4, -0.2) is 35.9 Å². The number of nitrogens with zero attached hydrogens (tertiary/aromatic N) is 3. The van der Waals surface area contributed by atoms with E-state index in [1.165, 1.54) is 6.20 Å². The zero-order valence-electron chi connectivity index (χ0n) is 15.3. The zero-order valence-corrected chi connectivity index (χ0v) is 16.8. The van der Waals surface area contributed by atoms with Gasteiger partial charge in [0, 0.05) is 36.1 Å². The van der Waals surface area contributed by atoms with Gasteiger partial charge >= 0.3 is 0 Å². The van der Waals surface area contributed by atoms with E-state index < -0.39 is 0 Å². The van der Waals surface area contributed by atoms with Crippen LogP contribution < -0.4 is 16.4 Å². The van der Waals surface area contributed by atoms with Crippen LogP contribution in [0.4, 0.5) is 5.82 Å². The number of para-hydroxylation sites is 1. The van der Waals surface area contributed by atoms with Gasteiger partial charge in [-0.25, -0.2) is 9.97 Å². The third kappa shape index (κ3) is 4.71. The first kappa shape index (κ1) is 19.9. The molecule has 0 spiro atoms. The second-order valence-corrected chi connectivity index (χ2v) is 6.70. The van der Waals surface area contributed by atoms with Gasteiger partial charge in [0.25, 0.3) is 0 Å². The Morgan fingerprint density at radius 1 is 1.14 bits per heavy atom. The summed E-state index contributed by atoms with van der Waals surface area (Å²) < 4.78 is 0. The highest BCUT2D eigenvalue weighted by molar-refractivity contribution is 6.36. The summed E-state index contributed by atoms with van der Waals surface area (Å²) in [5, 5.41) is 8.56. The smallest absolute Gasteiger partial charge is 0.163 e. The average molecular weight is 415 g/mol. The highest BCUT2D eigenvalue weighted by Crippen LogP contribution is 2.31. The Labute approximate surface area is 173 Å². The van der Waals surface area contributed by atoms with Gasteiger partial charge in [0.05, 0.1) is 10.5 Å². The fraction of sp³-hybridized carbons (Fsp3) is 0.150. The molecule has 0 saturated carbocycles. The van der Waals surface area contributed by atoms with Crippen LogP contribution in [0.5, 0.6) is 0 Å². The molecule has 0 saturated heterocycles. The van der Waals surface area contributed by atoms with Crippen molar-refractivity contribution in [3.8, 4) is 11.4 Å². The Balaban J connectivity index is 1.86. The molecule has 0 aliphatic rings. The van der Waals surface area contributed by atoms with E-state index >= 15 is 0 Å². The number of halogens is 2. The lowest BCUT2D eigenvalue weighted by Gasteiger charge is -2.12. The summed E-state index contributed by atoms with van der Waals surface area (Å²) in [7, 11) is 1.70. The molecule has 0 aliphatic carbocycles. The van der Waals surface area contributed by atoms with Crippen LogP contribution in [0, 0.1) is 0 Å². The number of nitrogens with one attached hydrogen (secondary N) is 2. The Morgan fingerprint density at radius 3 is 2.71 bits per heavy atom. The zero-order chi connectivity index (χ0) is 19.9. The Hall–Kier alpha value is -2.83. The monoisotopic (exact) mass is 414 g/mol. The van der Waals surface area contributed by atoms with Crippen LogP contribution in [0.1, 0.15) is 0 Å². The minimum absolute atomic E-state index is 0.507. The van der Waals surface area contributed by atoms with Crippen molar-refractivity contribution in [1.82, 2.24) is 15.3 Å².